The summed E-state index contributed by atoms with van der Waals surface area (Å²) in [7, 11) is 0. The number of rotatable bonds is 9. The Bertz CT molecular complexity index is 543. The largest absolute Gasteiger partial charge is 0.393 e. The van der Waals surface area contributed by atoms with E-state index in [1.165, 1.54) is 76.3 Å². The van der Waals surface area contributed by atoms with Crippen LogP contribution in [-0.2, 0) is 0 Å². The molecule has 3 saturated carbocycles. The molecule has 2 nitrogen and oxygen atoms in total. The molecular formula is C25H43NOS. The number of hydrogen-bond donors (Lipinski definition) is 2. The van der Waals surface area contributed by atoms with E-state index in [4.69, 9.17) is 0 Å². The first-order valence-corrected chi connectivity index (χ1v) is 13.0. The van der Waals surface area contributed by atoms with Gasteiger partial charge in [-0.05, 0) is 87.9 Å². The van der Waals surface area contributed by atoms with E-state index in [1.807, 2.05) is 11.9 Å². The molecule has 0 spiro atoms. The highest BCUT2D eigenvalue weighted by molar-refractivity contribution is 7.97. The summed E-state index contributed by atoms with van der Waals surface area (Å²) in [4.78, 5) is 0. The van der Waals surface area contributed by atoms with Gasteiger partial charge in [0.15, 0.2) is 0 Å². The molecule has 0 aliphatic heterocycles. The molecule has 0 aromatic carbocycles. The SMILES string of the molecule is CCSNCCCCCC1CCC2/C(=C/C=C3/CCCC(O)C3)CCCC12C. The van der Waals surface area contributed by atoms with Crippen LogP contribution in [0.4, 0.5) is 0 Å². The molecular weight excluding hydrogens is 362 g/mol. The van der Waals surface area contributed by atoms with Gasteiger partial charge in [0, 0.05) is 12.3 Å². The van der Waals surface area contributed by atoms with E-state index >= 15 is 0 Å². The van der Waals surface area contributed by atoms with Gasteiger partial charge in [0.1, 0.15) is 0 Å². The number of unbranched alkanes of at least 4 members (excludes halogenated alkanes) is 2. The summed E-state index contributed by atoms with van der Waals surface area (Å²) in [5.41, 5.74) is 3.75. The summed E-state index contributed by atoms with van der Waals surface area (Å²) >= 11 is 1.85. The second-order valence-electron chi connectivity index (χ2n) is 9.68. The average Bonchev–Trinajstić information content (AvgIpc) is 3.02. The van der Waals surface area contributed by atoms with E-state index in [0.29, 0.717) is 5.41 Å². The lowest BCUT2D eigenvalue weighted by Crippen LogP contribution is -2.33. The highest BCUT2D eigenvalue weighted by Crippen LogP contribution is 2.58. The Morgan fingerprint density at radius 1 is 1.11 bits per heavy atom. The van der Waals surface area contributed by atoms with Gasteiger partial charge in [-0.15, -0.1) is 0 Å². The Hall–Kier alpha value is -0.250. The maximum Gasteiger partial charge on any atom is 0.0577 e. The maximum atomic E-state index is 9.94. The van der Waals surface area contributed by atoms with E-state index in [0.717, 1.165) is 36.9 Å². The van der Waals surface area contributed by atoms with Gasteiger partial charge in [-0.3, -0.25) is 4.72 Å². The second-order valence-corrected chi connectivity index (χ2v) is 10.8. The zero-order valence-corrected chi connectivity index (χ0v) is 19.2. The lowest BCUT2D eigenvalue weighted by Gasteiger charge is -2.42. The molecule has 2 N–H and O–H groups in total. The van der Waals surface area contributed by atoms with Crippen molar-refractivity contribution >= 4 is 11.9 Å². The quantitative estimate of drug-likeness (QED) is 0.326. The van der Waals surface area contributed by atoms with Crippen molar-refractivity contribution in [1.82, 2.24) is 4.72 Å². The molecule has 0 radical (unpaired) electrons. The number of fused-ring (bicyclic) bond motifs is 1. The molecule has 3 rings (SSSR count). The Kier molecular flexibility index (Phi) is 8.99. The summed E-state index contributed by atoms with van der Waals surface area (Å²) in [6, 6.07) is 0. The lowest BCUT2D eigenvalue weighted by atomic mass is 9.62. The molecule has 3 fully saturated rings. The van der Waals surface area contributed by atoms with E-state index in [1.54, 1.807) is 5.57 Å². The Morgan fingerprint density at radius 2 is 2.00 bits per heavy atom. The minimum absolute atomic E-state index is 0.0957. The first kappa shape index (κ1) is 22.4. The van der Waals surface area contributed by atoms with Gasteiger partial charge in [-0.25, -0.2) is 0 Å². The van der Waals surface area contributed by atoms with Gasteiger partial charge >= 0.3 is 0 Å². The second kappa shape index (κ2) is 11.2. The normalized spacial score (nSPS) is 36.2. The fraction of sp³-hybridized carbons (Fsp3) is 0.840. The molecule has 3 heteroatoms. The summed E-state index contributed by atoms with van der Waals surface area (Å²) in [5, 5.41) is 9.94. The summed E-state index contributed by atoms with van der Waals surface area (Å²) in [6.45, 7) is 5.98. The Morgan fingerprint density at radius 3 is 2.82 bits per heavy atom. The number of aliphatic hydroxyl groups excluding tert-OH is 1. The third-order valence-corrected chi connectivity index (χ3v) is 8.50. The van der Waals surface area contributed by atoms with Gasteiger partial charge in [0.2, 0.25) is 0 Å². The first-order chi connectivity index (χ1) is 13.6. The smallest absolute Gasteiger partial charge is 0.0577 e. The standard InChI is InChI=1S/C25H43NOS/c1-3-28-26-18-6-4-5-11-22-15-16-24-21(10-8-17-25(22,24)2)14-13-20-9-7-12-23(27)19-20/h13-14,22-24,26-27H,3-12,15-19H2,1-2H3/b20-13-,21-14+. The molecule has 0 aromatic heterocycles. The zero-order chi connectivity index (χ0) is 19.8. The van der Waals surface area contributed by atoms with Crippen molar-refractivity contribution in [1.29, 1.82) is 0 Å². The monoisotopic (exact) mass is 405 g/mol. The fourth-order valence-electron chi connectivity index (χ4n) is 6.21. The third-order valence-electron chi connectivity index (χ3n) is 7.80. The summed E-state index contributed by atoms with van der Waals surface area (Å²) < 4.78 is 3.45. The Labute approximate surface area is 178 Å². The minimum atomic E-state index is -0.0957. The highest BCUT2D eigenvalue weighted by Gasteiger charge is 2.48. The van der Waals surface area contributed by atoms with Crippen molar-refractivity contribution in [2.75, 3.05) is 12.3 Å². The van der Waals surface area contributed by atoms with Crippen LogP contribution in [0.15, 0.2) is 23.3 Å². The molecule has 0 saturated heterocycles. The summed E-state index contributed by atoms with van der Waals surface area (Å²) in [5.74, 6) is 2.91. The molecule has 28 heavy (non-hydrogen) atoms. The van der Waals surface area contributed by atoms with Crippen LogP contribution in [0.5, 0.6) is 0 Å². The molecule has 0 bridgehead atoms. The highest BCUT2D eigenvalue weighted by atomic mass is 32.2. The first-order valence-electron chi connectivity index (χ1n) is 12.0. The number of allylic oxidation sites excluding steroid dienone is 3. The molecule has 0 amide bonds. The van der Waals surface area contributed by atoms with E-state index in [2.05, 4.69) is 30.7 Å². The van der Waals surface area contributed by atoms with Crippen LogP contribution in [0, 0.1) is 17.3 Å². The molecule has 4 atom stereocenters. The summed E-state index contributed by atoms with van der Waals surface area (Å²) in [6.07, 6.45) is 21.5. The van der Waals surface area contributed by atoms with Gasteiger partial charge in [-0.1, -0.05) is 61.9 Å². The van der Waals surface area contributed by atoms with Crippen LogP contribution in [0.1, 0.15) is 97.3 Å². The average molecular weight is 406 g/mol. The molecule has 4 unspecified atom stereocenters. The van der Waals surface area contributed by atoms with Crippen LogP contribution in [0.2, 0.25) is 0 Å². The van der Waals surface area contributed by atoms with Gasteiger partial charge < -0.3 is 5.11 Å². The van der Waals surface area contributed by atoms with Crippen molar-refractivity contribution in [3.63, 3.8) is 0 Å². The molecule has 0 aromatic rings. The number of aliphatic hydroxyl groups is 1. The van der Waals surface area contributed by atoms with E-state index in [9.17, 15) is 5.11 Å². The third kappa shape index (κ3) is 5.89. The predicted molar refractivity (Wildman–Crippen MR) is 123 cm³/mol. The van der Waals surface area contributed by atoms with Gasteiger partial charge in [0.05, 0.1) is 6.10 Å². The van der Waals surface area contributed by atoms with Crippen molar-refractivity contribution in [2.45, 2.75) is 103 Å². The van der Waals surface area contributed by atoms with E-state index in [-0.39, 0.29) is 6.10 Å². The molecule has 0 heterocycles. The topological polar surface area (TPSA) is 32.3 Å². The minimum Gasteiger partial charge on any atom is -0.393 e. The van der Waals surface area contributed by atoms with Crippen LogP contribution >= 0.6 is 11.9 Å². The zero-order valence-electron chi connectivity index (χ0n) is 18.3. The van der Waals surface area contributed by atoms with Crippen molar-refractivity contribution < 1.29 is 5.11 Å². The van der Waals surface area contributed by atoms with Crippen LogP contribution in [0.25, 0.3) is 0 Å². The lowest BCUT2D eigenvalue weighted by molar-refractivity contribution is 0.127. The number of hydrogen-bond acceptors (Lipinski definition) is 3. The molecule has 160 valence electrons. The fourth-order valence-corrected chi connectivity index (χ4v) is 6.70. The predicted octanol–water partition coefficient (Wildman–Crippen LogP) is 6.81. The number of nitrogens with one attached hydrogen (secondary N) is 1. The maximum absolute atomic E-state index is 9.94. The van der Waals surface area contributed by atoms with Crippen LogP contribution in [0.3, 0.4) is 0 Å². The Balaban J connectivity index is 1.51. The van der Waals surface area contributed by atoms with Crippen molar-refractivity contribution in [3.05, 3.63) is 23.3 Å². The van der Waals surface area contributed by atoms with E-state index < -0.39 is 0 Å². The van der Waals surface area contributed by atoms with Crippen molar-refractivity contribution in [2.24, 2.45) is 17.3 Å². The van der Waals surface area contributed by atoms with Gasteiger partial charge in [0.25, 0.3) is 0 Å². The van der Waals surface area contributed by atoms with Gasteiger partial charge in [-0.2, -0.15) is 0 Å². The van der Waals surface area contributed by atoms with Crippen LogP contribution < -0.4 is 4.72 Å². The van der Waals surface area contributed by atoms with Crippen LogP contribution in [-0.4, -0.2) is 23.5 Å². The van der Waals surface area contributed by atoms with Crippen molar-refractivity contribution in [3.8, 4) is 0 Å². The molecule has 3 aliphatic carbocycles. The molecule has 3 aliphatic rings.